The van der Waals surface area contributed by atoms with E-state index in [0.717, 1.165) is 15.4 Å². The Bertz CT molecular complexity index is 716. The number of nitriles is 1. The highest BCUT2D eigenvalue weighted by Crippen LogP contribution is 2.30. The van der Waals surface area contributed by atoms with E-state index >= 15 is 0 Å². The maximum absolute atomic E-state index is 8.81. The van der Waals surface area contributed by atoms with Gasteiger partial charge < -0.3 is 9.55 Å². The van der Waals surface area contributed by atoms with E-state index in [0.29, 0.717) is 5.69 Å². The summed E-state index contributed by atoms with van der Waals surface area (Å²) < 4.78 is 2.04. The topological polar surface area (TPSA) is 70.3 Å². The molecule has 0 spiro atoms. The quantitative estimate of drug-likeness (QED) is 0.794. The zero-order valence-corrected chi connectivity index (χ0v) is 11.1. The van der Waals surface area contributed by atoms with E-state index in [9.17, 15) is 0 Å². The summed E-state index contributed by atoms with van der Waals surface area (Å²) in [5.41, 5.74) is 1.50. The van der Waals surface area contributed by atoms with Crippen LogP contribution in [-0.2, 0) is 0 Å². The van der Waals surface area contributed by atoms with Gasteiger partial charge in [-0.3, -0.25) is 0 Å². The van der Waals surface area contributed by atoms with Crippen molar-refractivity contribution >= 4 is 11.3 Å². The fourth-order valence-corrected chi connectivity index (χ4v) is 2.80. The Labute approximate surface area is 114 Å². The second kappa shape index (κ2) is 4.71. The van der Waals surface area contributed by atoms with Gasteiger partial charge in [0.15, 0.2) is 0 Å². The third-order valence-electron chi connectivity index (χ3n) is 2.96. The molecule has 19 heavy (non-hydrogen) atoms. The van der Waals surface area contributed by atoms with Crippen LogP contribution in [0.25, 0.3) is 10.6 Å². The Hall–Kier alpha value is -2.39. The van der Waals surface area contributed by atoms with Crippen LogP contribution in [0.15, 0.2) is 37.2 Å². The number of nitrogens with one attached hydrogen (secondary N) is 1. The van der Waals surface area contributed by atoms with E-state index in [1.165, 1.54) is 0 Å². The van der Waals surface area contributed by atoms with Gasteiger partial charge in [0.2, 0.25) is 0 Å². The highest BCUT2D eigenvalue weighted by Gasteiger charge is 2.13. The molecule has 0 aromatic carbocycles. The summed E-state index contributed by atoms with van der Waals surface area (Å²) in [4.78, 5) is 12.5. The first-order valence-electron chi connectivity index (χ1n) is 5.80. The van der Waals surface area contributed by atoms with Crippen molar-refractivity contribution in [3.63, 3.8) is 0 Å². The standard InChI is InChI=1S/C13H11N5S/c1-9(18-3-2-15-8-18)12-7-17-13(19-12)10-4-11(5-14)16-6-10/h2-4,6-9,16H,1H3. The van der Waals surface area contributed by atoms with Crippen molar-refractivity contribution in [2.45, 2.75) is 13.0 Å². The van der Waals surface area contributed by atoms with Crippen molar-refractivity contribution in [3.05, 3.63) is 47.8 Å². The first-order chi connectivity index (χ1) is 9.28. The summed E-state index contributed by atoms with van der Waals surface area (Å²) in [5, 5.41) is 9.72. The molecule has 0 radical (unpaired) electrons. The Morgan fingerprint density at radius 1 is 1.53 bits per heavy atom. The fraction of sp³-hybridized carbons (Fsp3) is 0.154. The van der Waals surface area contributed by atoms with Crippen LogP contribution >= 0.6 is 11.3 Å². The molecule has 3 aromatic rings. The van der Waals surface area contributed by atoms with Gasteiger partial charge in [0, 0.05) is 35.2 Å². The minimum absolute atomic E-state index is 0.211. The molecule has 0 aliphatic carbocycles. The maximum Gasteiger partial charge on any atom is 0.125 e. The summed E-state index contributed by atoms with van der Waals surface area (Å²) in [7, 11) is 0. The molecule has 94 valence electrons. The van der Waals surface area contributed by atoms with Crippen molar-refractivity contribution in [2.75, 3.05) is 0 Å². The monoisotopic (exact) mass is 269 g/mol. The van der Waals surface area contributed by atoms with Gasteiger partial charge in [0.05, 0.1) is 12.4 Å². The predicted molar refractivity (Wildman–Crippen MR) is 72.7 cm³/mol. The summed E-state index contributed by atoms with van der Waals surface area (Å²) in [6, 6.07) is 4.10. The van der Waals surface area contributed by atoms with Gasteiger partial charge >= 0.3 is 0 Å². The Morgan fingerprint density at radius 2 is 2.42 bits per heavy atom. The first kappa shape index (κ1) is 11.7. The molecule has 1 N–H and O–H groups in total. The fourth-order valence-electron chi connectivity index (χ4n) is 1.84. The predicted octanol–water partition coefficient (Wildman–Crippen LogP) is 2.82. The molecule has 1 atom stereocenters. The highest BCUT2D eigenvalue weighted by atomic mass is 32.1. The zero-order valence-electron chi connectivity index (χ0n) is 10.2. The molecule has 5 nitrogen and oxygen atoms in total. The molecule has 0 fully saturated rings. The normalized spacial score (nSPS) is 12.2. The van der Waals surface area contributed by atoms with Crippen molar-refractivity contribution in [1.29, 1.82) is 5.26 Å². The minimum atomic E-state index is 0.211. The lowest BCUT2D eigenvalue weighted by Gasteiger charge is -2.09. The van der Waals surface area contributed by atoms with Crippen LogP contribution in [0.5, 0.6) is 0 Å². The third kappa shape index (κ3) is 2.16. The second-order valence-corrected chi connectivity index (χ2v) is 5.23. The van der Waals surface area contributed by atoms with E-state index in [4.69, 9.17) is 5.26 Å². The van der Waals surface area contributed by atoms with Gasteiger partial charge in [-0.2, -0.15) is 5.26 Å². The van der Waals surface area contributed by atoms with Crippen LogP contribution in [0.1, 0.15) is 23.5 Å². The van der Waals surface area contributed by atoms with E-state index in [1.54, 1.807) is 23.9 Å². The lowest BCUT2D eigenvalue weighted by atomic mass is 10.3. The zero-order chi connectivity index (χ0) is 13.2. The van der Waals surface area contributed by atoms with Crippen LogP contribution in [0, 0.1) is 11.3 Å². The van der Waals surface area contributed by atoms with E-state index in [2.05, 4.69) is 27.9 Å². The van der Waals surface area contributed by atoms with Gasteiger partial charge in [0.25, 0.3) is 0 Å². The van der Waals surface area contributed by atoms with E-state index < -0.39 is 0 Å². The molecule has 0 saturated carbocycles. The molecule has 0 saturated heterocycles. The number of aromatic nitrogens is 4. The molecule has 3 aromatic heterocycles. The number of thiazole rings is 1. The smallest absolute Gasteiger partial charge is 0.125 e. The molecule has 3 heterocycles. The van der Waals surface area contributed by atoms with Crippen molar-refractivity contribution in [2.24, 2.45) is 0 Å². The first-order valence-corrected chi connectivity index (χ1v) is 6.61. The number of rotatable bonds is 3. The van der Waals surface area contributed by atoms with Gasteiger partial charge in [0.1, 0.15) is 16.8 Å². The molecular formula is C13H11N5S. The maximum atomic E-state index is 8.81. The number of nitrogens with zero attached hydrogens (tertiary/aromatic N) is 4. The Kier molecular flexibility index (Phi) is 2.89. The molecular weight excluding hydrogens is 258 g/mol. The van der Waals surface area contributed by atoms with Crippen LogP contribution in [-0.4, -0.2) is 19.5 Å². The number of hydrogen-bond donors (Lipinski definition) is 1. The van der Waals surface area contributed by atoms with Gasteiger partial charge in [-0.15, -0.1) is 11.3 Å². The largest absolute Gasteiger partial charge is 0.352 e. The van der Waals surface area contributed by atoms with Crippen molar-refractivity contribution < 1.29 is 0 Å². The SMILES string of the molecule is CC(c1cnc(-c2c[nH]c(C#N)c2)s1)n1ccnc1. The van der Waals surface area contributed by atoms with Crippen LogP contribution in [0.2, 0.25) is 0 Å². The van der Waals surface area contributed by atoms with E-state index in [-0.39, 0.29) is 6.04 Å². The number of imidazole rings is 1. The summed E-state index contributed by atoms with van der Waals surface area (Å²) in [6.45, 7) is 2.11. The number of H-pyrrole nitrogens is 1. The minimum Gasteiger partial charge on any atom is -0.352 e. The molecule has 0 aliphatic rings. The van der Waals surface area contributed by atoms with Crippen LogP contribution in [0.3, 0.4) is 0 Å². The summed E-state index contributed by atoms with van der Waals surface area (Å²) >= 11 is 1.63. The number of aromatic amines is 1. The lowest BCUT2D eigenvalue weighted by Crippen LogP contribution is -2.01. The second-order valence-electron chi connectivity index (χ2n) is 4.17. The molecule has 0 amide bonds. The lowest BCUT2D eigenvalue weighted by molar-refractivity contribution is 0.648. The molecule has 0 aliphatic heterocycles. The van der Waals surface area contributed by atoms with E-state index in [1.807, 2.05) is 29.2 Å². The van der Waals surface area contributed by atoms with Gasteiger partial charge in [-0.25, -0.2) is 9.97 Å². The Balaban J connectivity index is 1.89. The van der Waals surface area contributed by atoms with Crippen molar-refractivity contribution in [1.82, 2.24) is 19.5 Å². The molecule has 6 heteroatoms. The summed E-state index contributed by atoms with van der Waals surface area (Å²) in [6.07, 6.45) is 9.19. The average Bonchev–Trinajstić information content (AvgIpc) is 3.17. The Morgan fingerprint density at radius 3 is 3.11 bits per heavy atom. The summed E-state index contributed by atoms with van der Waals surface area (Å²) in [5.74, 6) is 0. The third-order valence-corrected chi connectivity index (χ3v) is 4.17. The van der Waals surface area contributed by atoms with Crippen molar-refractivity contribution in [3.8, 4) is 16.6 Å². The average molecular weight is 269 g/mol. The van der Waals surface area contributed by atoms with Crippen LogP contribution < -0.4 is 0 Å². The number of hydrogen-bond acceptors (Lipinski definition) is 4. The van der Waals surface area contributed by atoms with Gasteiger partial charge in [-0.1, -0.05) is 0 Å². The molecule has 0 bridgehead atoms. The van der Waals surface area contributed by atoms with Gasteiger partial charge in [-0.05, 0) is 13.0 Å². The highest BCUT2D eigenvalue weighted by molar-refractivity contribution is 7.15. The molecule has 3 rings (SSSR count). The van der Waals surface area contributed by atoms with Crippen LogP contribution in [0.4, 0.5) is 0 Å². The molecule has 1 unspecified atom stereocenters.